The fourth-order valence-corrected chi connectivity index (χ4v) is 3.90. The number of carbonyl (C=O) groups is 2. The second kappa shape index (κ2) is 8.99. The molecule has 0 radical (unpaired) electrons. The Kier molecular flexibility index (Phi) is 5.97. The Hall–Kier alpha value is -3.68. The number of aromatic nitrogens is 2. The number of piperidine rings is 1. The van der Waals surface area contributed by atoms with Crippen molar-refractivity contribution in [2.45, 2.75) is 32.1 Å². The summed E-state index contributed by atoms with van der Waals surface area (Å²) < 4.78 is 0. The lowest BCUT2D eigenvalue weighted by molar-refractivity contribution is -0.116. The molecule has 3 aromatic rings. The van der Waals surface area contributed by atoms with E-state index in [2.05, 4.69) is 20.2 Å². The molecule has 0 unspecified atom stereocenters. The van der Waals surface area contributed by atoms with Crippen molar-refractivity contribution in [1.29, 1.82) is 0 Å². The van der Waals surface area contributed by atoms with Crippen LogP contribution in [-0.2, 0) is 11.2 Å². The van der Waals surface area contributed by atoms with E-state index in [0.717, 1.165) is 31.6 Å². The third-order valence-corrected chi connectivity index (χ3v) is 5.50. The van der Waals surface area contributed by atoms with Gasteiger partial charge in [0.1, 0.15) is 5.82 Å². The highest BCUT2D eigenvalue weighted by molar-refractivity contribution is 5.99. The summed E-state index contributed by atoms with van der Waals surface area (Å²) in [5, 5.41) is 3.44. The Bertz CT molecular complexity index is 1180. The molecule has 2 aromatic carbocycles. The van der Waals surface area contributed by atoms with Gasteiger partial charge in [0.25, 0.3) is 5.56 Å². The maximum Gasteiger partial charge on any atom is 0.258 e. The van der Waals surface area contributed by atoms with Gasteiger partial charge in [-0.3, -0.25) is 14.4 Å². The molecule has 1 aromatic heterocycles. The zero-order valence-corrected chi connectivity index (χ0v) is 17.2. The van der Waals surface area contributed by atoms with Gasteiger partial charge in [0, 0.05) is 31.5 Å². The number of nitrogens with zero attached hydrogens (tertiary/aromatic N) is 2. The van der Waals surface area contributed by atoms with Crippen molar-refractivity contribution in [2.24, 2.45) is 5.73 Å². The number of aryl methyl sites for hydroxylation is 1. The first-order valence-corrected chi connectivity index (χ1v) is 10.5. The molecule has 0 aliphatic carbocycles. The highest BCUT2D eigenvalue weighted by Crippen LogP contribution is 2.30. The number of carbonyl (C=O) groups excluding carboxylic acids is 2. The summed E-state index contributed by atoms with van der Waals surface area (Å²) in [7, 11) is 0. The monoisotopic (exact) mass is 419 g/mol. The first kappa shape index (κ1) is 20.6. The van der Waals surface area contributed by atoms with Crippen molar-refractivity contribution in [3.63, 3.8) is 0 Å². The summed E-state index contributed by atoms with van der Waals surface area (Å²) in [5.74, 6) is -0.310. The number of nitrogens with one attached hydrogen (secondary N) is 2. The molecule has 1 saturated heterocycles. The minimum Gasteiger partial charge on any atom is -0.370 e. The predicted molar refractivity (Wildman–Crippen MR) is 120 cm³/mol. The Morgan fingerprint density at radius 2 is 1.87 bits per heavy atom. The molecule has 1 fully saturated rings. The minimum absolute atomic E-state index is 0.140. The van der Waals surface area contributed by atoms with E-state index in [-0.39, 0.29) is 17.9 Å². The fraction of sp³-hybridized carbons (Fsp3) is 0.304. The highest BCUT2D eigenvalue weighted by Gasteiger charge is 2.18. The van der Waals surface area contributed by atoms with Crippen LogP contribution in [0.15, 0.2) is 47.3 Å². The minimum atomic E-state index is -0.543. The molecule has 0 atom stereocenters. The summed E-state index contributed by atoms with van der Waals surface area (Å²) in [6.07, 6.45) is 3.80. The van der Waals surface area contributed by atoms with Gasteiger partial charge < -0.3 is 20.9 Å². The molecule has 0 spiro atoms. The first-order chi connectivity index (χ1) is 15.0. The number of amides is 2. The quantitative estimate of drug-likeness (QED) is 0.567. The van der Waals surface area contributed by atoms with E-state index >= 15 is 0 Å². The van der Waals surface area contributed by atoms with Gasteiger partial charge in [0.2, 0.25) is 11.8 Å². The largest absolute Gasteiger partial charge is 0.370 e. The van der Waals surface area contributed by atoms with Crippen molar-refractivity contribution in [3.8, 4) is 0 Å². The summed E-state index contributed by atoms with van der Waals surface area (Å²) in [5.41, 5.74) is 7.61. The van der Waals surface area contributed by atoms with Crippen LogP contribution in [0, 0.1) is 0 Å². The second-order valence-electron chi connectivity index (χ2n) is 7.72. The summed E-state index contributed by atoms with van der Waals surface area (Å²) in [6, 6.07) is 12.2. The molecule has 4 rings (SSSR count). The lowest BCUT2D eigenvalue weighted by Crippen LogP contribution is -2.30. The van der Waals surface area contributed by atoms with E-state index < -0.39 is 5.91 Å². The van der Waals surface area contributed by atoms with E-state index in [0.29, 0.717) is 34.4 Å². The molecule has 1 aliphatic rings. The van der Waals surface area contributed by atoms with Crippen LogP contribution in [0.5, 0.6) is 0 Å². The van der Waals surface area contributed by atoms with Gasteiger partial charge in [-0.15, -0.1) is 0 Å². The number of aromatic amines is 1. The summed E-state index contributed by atoms with van der Waals surface area (Å²) >= 11 is 0. The molecule has 0 bridgehead atoms. The molecule has 8 nitrogen and oxygen atoms in total. The number of rotatable bonds is 6. The Labute approximate surface area is 179 Å². The molecule has 4 N–H and O–H groups in total. The van der Waals surface area contributed by atoms with Gasteiger partial charge in [-0.1, -0.05) is 12.1 Å². The van der Waals surface area contributed by atoms with Crippen LogP contribution in [0.1, 0.15) is 41.9 Å². The van der Waals surface area contributed by atoms with E-state index in [1.54, 1.807) is 30.3 Å². The number of hydrogen-bond donors (Lipinski definition) is 3. The molecular formula is C23H25N5O3. The number of benzene rings is 2. The van der Waals surface area contributed by atoms with Crippen molar-refractivity contribution in [3.05, 3.63) is 64.2 Å². The van der Waals surface area contributed by atoms with Crippen molar-refractivity contribution >= 4 is 34.1 Å². The van der Waals surface area contributed by atoms with Gasteiger partial charge >= 0.3 is 0 Å². The van der Waals surface area contributed by atoms with Crippen molar-refractivity contribution in [1.82, 2.24) is 9.97 Å². The number of para-hydroxylation sites is 1. The fourth-order valence-electron chi connectivity index (χ4n) is 3.90. The van der Waals surface area contributed by atoms with Crippen LogP contribution < -0.4 is 21.5 Å². The maximum absolute atomic E-state index is 12.7. The Morgan fingerprint density at radius 1 is 1.10 bits per heavy atom. The zero-order chi connectivity index (χ0) is 21.8. The van der Waals surface area contributed by atoms with Gasteiger partial charge in [-0.05, 0) is 49.6 Å². The Morgan fingerprint density at radius 3 is 2.65 bits per heavy atom. The number of primary amides is 1. The topological polar surface area (TPSA) is 121 Å². The van der Waals surface area contributed by atoms with Crippen LogP contribution in [0.25, 0.3) is 10.9 Å². The van der Waals surface area contributed by atoms with E-state index in [1.807, 2.05) is 12.1 Å². The normalized spacial score (nSPS) is 13.9. The molecule has 8 heteroatoms. The number of fused-ring (bicyclic) bond motifs is 1. The molecule has 2 heterocycles. The molecule has 0 saturated carbocycles. The lowest BCUT2D eigenvalue weighted by atomic mass is 10.1. The van der Waals surface area contributed by atoms with Crippen LogP contribution in [0.2, 0.25) is 0 Å². The molecule has 2 amide bonds. The second-order valence-corrected chi connectivity index (χ2v) is 7.72. The highest BCUT2D eigenvalue weighted by atomic mass is 16.2. The molecule has 160 valence electrons. The number of anilines is 2. The third kappa shape index (κ3) is 4.74. The first-order valence-electron chi connectivity index (χ1n) is 10.5. The molecule has 31 heavy (non-hydrogen) atoms. The van der Waals surface area contributed by atoms with Crippen LogP contribution in [0.4, 0.5) is 11.4 Å². The van der Waals surface area contributed by atoms with Gasteiger partial charge in [-0.2, -0.15) is 0 Å². The van der Waals surface area contributed by atoms with Crippen LogP contribution >= 0.6 is 0 Å². The standard InChI is InChI=1S/C23H25N5O3/c24-22(30)15-8-9-19(28-12-4-1-5-13-28)18(14-15)26-21(29)11-10-20-25-17-7-3-2-6-16(17)23(31)27-20/h2-3,6-9,14H,1,4-5,10-13H2,(H2,24,30)(H,26,29)(H,25,27,31). The zero-order valence-electron chi connectivity index (χ0n) is 17.2. The molecule has 1 aliphatic heterocycles. The van der Waals surface area contributed by atoms with Crippen LogP contribution in [-0.4, -0.2) is 34.9 Å². The number of hydrogen-bond acceptors (Lipinski definition) is 5. The van der Waals surface area contributed by atoms with Crippen molar-refractivity contribution in [2.75, 3.05) is 23.3 Å². The number of nitrogens with two attached hydrogens (primary N) is 1. The SMILES string of the molecule is NC(=O)c1ccc(N2CCCCC2)c(NC(=O)CCc2nc3ccccc3c(=O)[nH]2)c1. The van der Waals surface area contributed by atoms with Gasteiger partial charge in [0.15, 0.2) is 0 Å². The average molecular weight is 419 g/mol. The third-order valence-electron chi connectivity index (χ3n) is 5.50. The van der Waals surface area contributed by atoms with Gasteiger partial charge in [0.05, 0.1) is 22.3 Å². The Balaban J connectivity index is 1.50. The summed E-state index contributed by atoms with van der Waals surface area (Å²) in [6.45, 7) is 1.81. The van der Waals surface area contributed by atoms with E-state index in [9.17, 15) is 14.4 Å². The van der Waals surface area contributed by atoms with Gasteiger partial charge in [-0.25, -0.2) is 4.98 Å². The number of H-pyrrole nitrogens is 1. The molecular weight excluding hydrogens is 394 g/mol. The van der Waals surface area contributed by atoms with E-state index in [1.165, 1.54) is 6.42 Å². The average Bonchev–Trinajstić information content (AvgIpc) is 2.78. The van der Waals surface area contributed by atoms with Crippen molar-refractivity contribution < 1.29 is 9.59 Å². The predicted octanol–water partition coefficient (Wildman–Crippen LogP) is 2.58. The smallest absolute Gasteiger partial charge is 0.258 e. The van der Waals surface area contributed by atoms with Crippen LogP contribution in [0.3, 0.4) is 0 Å². The lowest BCUT2D eigenvalue weighted by Gasteiger charge is -2.30. The maximum atomic E-state index is 12.7. The summed E-state index contributed by atoms with van der Waals surface area (Å²) in [4.78, 5) is 45.9. The van der Waals surface area contributed by atoms with E-state index in [4.69, 9.17) is 5.73 Å².